The summed E-state index contributed by atoms with van der Waals surface area (Å²) < 4.78 is 5.55. The van der Waals surface area contributed by atoms with Gasteiger partial charge in [0.1, 0.15) is 11.5 Å². The van der Waals surface area contributed by atoms with Crippen molar-refractivity contribution >= 4 is 11.3 Å². The van der Waals surface area contributed by atoms with E-state index in [9.17, 15) is 0 Å². The summed E-state index contributed by atoms with van der Waals surface area (Å²) in [5.41, 5.74) is 2.54. The molecule has 1 aliphatic carbocycles. The standard InChI is InChI=1S/C17H24N2OS/c1-12(2)19(10-14-9-8-13(3)21-14)11-16-15-6-4-5-7-17(15)20-18-16/h8-9,12H,4-7,10-11H2,1-3H3. The van der Waals surface area contributed by atoms with Gasteiger partial charge < -0.3 is 4.52 Å². The van der Waals surface area contributed by atoms with E-state index in [2.05, 4.69) is 43.0 Å². The predicted octanol–water partition coefficient (Wildman–Crippen LogP) is 4.33. The molecule has 0 N–H and O–H groups in total. The molecule has 1 aliphatic rings. The smallest absolute Gasteiger partial charge is 0.140 e. The van der Waals surface area contributed by atoms with E-state index in [0.29, 0.717) is 6.04 Å². The summed E-state index contributed by atoms with van der Waals surface area (Å²) in [7, 11) is 0. The van der Waals surface area contributed by atoms with Crippen molar-refractivity contribution in [1.29, 1.82) is 0 Å². The summed E-state index contributed by atoms with van der Waals surface area (Å²) in [6.07, 6.45) is 4.71. The number of thiophene rings is 1. The van der Waals surface area contributed by atoms with E-state index in [-0.39, 0.29) is 0 Å². The molecule has 0 radical (unpaired) electrons. The number of hydrogen-bond acceptors (Lipinski definition) is 4. The fraction of sp³-hybridized carbons (Fsp3) is 0.588. The maximum Gasteiger partial charge on any atom is 0.140 e. The monoisotopic (exact) mass is 304 g/mol. The summed E-state index contributed by atoms with van der Waals surface area (Å²) in [6, 6.07) is 4.95. The molecule has 3 rings (SSSR count). The van der Waals surface area contributed by atoms with E-state index < -0.39 is 0 Å². The van der Waals surface area contributed by atoms with Gasteiger partial charge in [-0.3, -0.25) is 4.90 Å². The van der Waals surface area contributed by atoms with Gasteiger partial charge in [-0.1, -0.05) is 5.16 Å². The molecule has 2 aromatic rings. The van der Waals surface area contributed by atoms with Crippen LogP contribution in [0.4, 0.5) is 0 Å². The molecule has 21 heavy (non-hydrogen) atoms. The van der Waals surface area contributed by atoms with E-state index in [1.165, 1.54) is 28.2 Å². The van der Waals surface area contributed by atoms with Crippen molar-refractivity contribution in [3.63, 3.8) is 0 Å². The SMILES string of the molecule is Cc1ccc(CN(Cc2noc3c2CCCC3)C(C)C)s1. The quantitative estimate of drug-likeness (QED) is 0.823. The van der Waals surface area contributed by atoms with Crippen LogP contribution in [0, 0.1) is 6.92 Å². The van der Waals surface area contributed by atoms with Crippen molar-refractivity contribution in [2.75, 3.05) is 0 Å². The topological polar surface area (TPSA) is 29.3 Å². The Balaban J connectivity index is 1.74. The van der Waals surface area contributed by atoms with Crippen molar-refractivity contribution in [2.24, 2.45) is 0 Å². The first-order chi connectivity index (χ1) is 10.1. The van der Waals surface area contributed by atoms with Gasteiger partial charge in [-0.2, -0.15) is 0 Å². The molecule has 4 heteroatoms. The highest BCUT2D eigenvalue weighted by atomic mass is 32.1. The second-order valence-corrected chi connectivity index (χ2v) is 7.62. The molecule has 2 heterocycles. The third kappa shape index (κ3) is 3.38. The zero-order chi connectivity index (χ0) is 14.8. The lowest BCUT2D eigenvalue weighted by atomic mass is 9.96. The van der Waals surface area contributed by atoms with Crippen LogP contribution in [0.15, 0.2) is 16.7 Å². The van der Waals surface area contributed by atoms with Gasteiger partial charge in [-0.05, 0) is 52.2 Å². The normalized spacial score (nSPS) is 14.9. The van der Waals surface area contributed by atoms with Crippen LogP contribution in [-0.4, -0.2) is 16.1 Å². The number of fused-ring (bicyclic) bond motifs is 1. The third-order valence-corrected chi connectivity index (χ3v) is 5.26. The van der Waals surface area contributed by atoms with Gasteiger partial charge in [0.2, 0.25) is 0 Å². The number of rotatable bonds is 5. The fourth-order valence-corrected chi connectivity index (χ4v) is 3.87. The number of nitrogens with zero attached hydrogens (tertiary/aromatic N) is 2. The first-order valence-corrected chi connectivity index (χ1v) is 8.71. The number of hydrogen-bond donors (Lipinski definition) is 0. The van der Waals surface area contributed by atoms with Crippen LogP contribution in [0.1, 0.15) is 53.5 Å². The summed E-state index contributed by atoms with van der Waals surface area (Å²) >= 11 is 1.89. The molecule has 0 amide bonds. The van der Waals surface area contributed by atoms with Gasteiger partial charge >= 0.3 is 0 Å². The van der Waals surface area contributed by atoms with Gasteiger partial charge in [-0.15, -0.1) is 11.3 Å². The molecule has 3 nitrogen and oxygen atoms in total. The first kappa shape index (κ1) is 14.8. The van der Waals surface area contributed by atoms with Crippen LogP contribution in [0.25, 0.3) is 0 Å². The van der Waals surface area contributed by atoms with E-state index in [0.717, 1.165) is 37.4 Å². The van der Waals surface area contributed by atoms with Crippen LogP contribution in [0.2, 0.25) is 0 Å². The molecule has 0 unspecified atom stereocenters. The summed E-state index contributed by atoms with van der Waals surface area (Å²) in [5.74, 6) is 1.13. The minimum absolute atomic E-state index is 0.503. The Morgan fingerprint density at radius 1 is 1.24 bits per heavy atom. The number of aryl methyl sites for hydroxylation is 2. The highest BCUT2D eigenvalue weighted by Crippen LogP contribution is 2.26. The minimum atomic E-state index is 0.503. The second-order valence-electron chi connectivity index (χ2n) is 6.25. The summed E-state index contributed by atoms with van der Waals surface area (Å²) in [4.78, 5) is 5.30. The molecule has 114 valence electrons. The van der Waals surface area contributed by atoms with Crippen LogP contribution >= 0.6 is 11.3 Å². The zero-order valence-corrected chi connectivity index (χ0v) is 14.0. The van der Waals surface area contributed by atoms with E-state index in [1.54, 1.807) is 0 Å². The molecule has 0 aliphatic heterocycles. The lowest BCUT2D eigenvalue weighted by Crippen LogP contribution is -2.30. The molecule has 2 aromatic heterocycles. The van der Waals surface area contributed by atoms with Gasteiger partial charge in [0, 0.05) is 40.9 Å². The Morgan fingerprint density at radius 3 is 2.76 bits per heavy atom. The molecule has 0 atom stereocenters. The number of aromatic nitrogens is 1. The third-order valence-electron chi connectivity index (χ3n) is 4.27. The Labute approximate surface area is 130 Å². The highest BCUT2D eigenvalue weighted by molar-refractivity contribution is 7.11. The van der Waals surface area contributed by atoms with Crippen LogP contribution in [-0.2, 0) is 25.9 Å². The van der Waals surface area contributed by atoms with Crippen molar-refractivity contribution in [1.82, 2.24) is 10.1 Å². The lowest BCUT2D eigenvalue weighted by molar-refractivity contribution is 0.199. The van der Waals surface area contributed by atoms with Crippen molar-refractivity contribution < 1.29 is 4.52 Å². The van der Waals surface area contributed by atoms with Gasteiger partial charge in [0.15, 0.2) is 0 Å². The van der Waals surface area contributed by atoms with Gasteiger partial charge in [0.25, 0.3) is 0 Å². The predicted molar refractivity (Wildman–Crippen MR) is 86.6 cm³/mol. The summed E-state index contributed by atoms with van der Waals surface area (Å²) in [5, 5.41) is 4.35. The van der Waals surface area contributed by atoms with Crippen LogP contribution in [0.3, 0.4) is 0 Å². The maximum absolute atomic E-state index is 5.55. The molecular formula is C17H24N2OS. The minimum Gasteiger partial charge on any atom is -0.361 e. The average Bonchev–Trinajstić information content (AvgIpc) is 3.05. The molecule has 0 saturated carbocycles. The maximum atomic E-state index is 5.55. The average molecular weight is 304 g/mol. The molecule has 0 saturated heterocycles. The Hall–Kier alpha value is -1.13. The largest absolute Gasteiger partial charge is 0.361 e. The summed E-state index contributed by atoms with van der Waals surface area (Å²) in [6.45, 7) is 8.58. The fourth-order valence-electron chi connectivity index (χ4n) is 2.96. The highest BCUT2D eigenvalue weighted by Gasteiger charge is 2.22. The Kier molecular flexibility index (Phi) is 4.45. The van der Waals surface area contributed by atoms with Gasteiger partial charge in [0.05, 0.1) is 0 Å². The Bertz CT molecular complexity index is 600. The second kappa shape index (κ2) is 6.32. The van der Waals surface area contributed by atoms with Crippen LogP contribution in [0.5, 0.6) is 0 Å². The van der Waals surface area contributed by atoms with E-state index in [1.807, 2.05) is 11.3 Å². The van der Waals surface area contributed by atoms with E-state index >= 15 is 0 Å². The molecule has 0 fully saturated rings. The van der Waals surface area contributed by atoms with Crippen LogP contribution < -0.4 is 0 Å². The molecule has 0 aromatic carbocycles. The van der Waals surface area contributed by atoms with Crippen molar-refractivity contribution in [3.05, 3.63) is 38.9 Å². The molecule has 0 bridgehead atoms. The van der Waals surface area contributed by atoms with Crippen molar-refractivity contribution in [3.8, 4) is 0 Å². The van der Waals surface area contributed by atoms with Gasteiger partial charge in [-0.25, -0.2) is 0 Å². The van der Waals surface area contributed by atoms with E-state index in [4.69, 9.17) is 4.52 Å². The Morgan fingerprint density at radius 2 is 2.05 bits per heavy atom. The first-order valence-electron chi connectivity index (χ1n) is 7.89. The lowest BCUT2D eigenvalue weighted by Gasteiger charge is -2.25. The van der Waals surface area contributed by atoms with Crippen molar-refractivity contribution in [2.45, 2.75) is 65.6 Å². The zero-order valence-electron chi connectivity index (χ0n) is 13.2. The molecule has 0 spiro atoms. The molecular weight excluding hydrogens is 280 g/mol.